The Morgan fingerprint density at radius 2 is 0.420 bits per heavy atom. The van der Waals surface area contributed by atoms with Gasteiger partial charge in [0.2, 0.25) is 0 Å². The predicted molar refractivity (Wildman–Crippen MR) is 474 cm³/mol. The Bertz CT molecular complexity index is 7260. The molecule has 0 atom stereocenters. The Kier molecular flexibility index (Phi) is 14.3. The molecule has 0 aliphatic heterocycles. The van der Waals surface area contributed by atoms with Crippen molar-refractivity contribution in [2.24, 2.45) is 0 Å². The van der Waals surface area contributed by atoms with Crippen LogP contribution >= 0.6 is 0 Å². The number of benzene rings is 19. The fraction of sp³-hybridized carbons (Fsp3) is 0. The van der Waals surface area contributed by atoms with Crippen LogP contribution in [0.4, 0.5) is 34.1 Å². The summed E-state index contributed by atoms with van der Waals surface area (Å²) in [6, 6.07) is 152. The van der Waals surface area contributed by atoms with E-state index in [0.717, 1.165) is 101 Å². The first-order valence-electron chi connectivity index (χ1n) is 38.5. The lowest BCUT2D eigenvalue weighted by Gasteiger charge is -2.26. The topological polar surface area (TPSA) is 26.2 Å². The molecule has 112 heavy (non-hydrogen) atoms. The van der Waals surface area contributed by atoms with Crippen molar-refractivity contribution in [1.82, 2.24) is 18.3 Å². The molecule has 0 saturated carbocycles. The average Bonchev–Trinajstić information content (AvgIpc) is 1.53. The molecule has 23 rings (SSSR count). The van der Waals surface area contributed by atoms with E-state index in [4.69, 9.17) is 0 Å². The molecule has 0 saturated heterocycles. The van der Waals surface area contributed by atoms with Crippen LogP contribution in [0.25, 0.3) is 175 Å². The molecule has 23 aromatic rings. The van der Waals surface area contributed by atoms with Gasteiger partial charge in [-0.3, -0.25) is 0 Å². The summed E-state index contributed by atoms with van der Waals surface area (Å²) in [6.45, 7) is 0. The highest BCUT2D eigenvalue weighted by Crippen LogP contribution is 2.49. The highest BCUT2D eigenvalue weighted by Gasteiger charge is 2.27. The zero-order valence-electron chi connectivity index (χ0n) is 60.9. The number of para-hydroxylation sites is 6. The van der Waals surface area contributed by atoms with Crippen LogP contribution in [-0.2, 0) is 0 Å². The molecule has 19 aromatic carbocycles. The van der Waals surface area contributed by atoms with Crippen molar-refractivity contribution < 1.29 is 0 Å². The molecule has 4 heterocycles. The van der Waals surface area contributed by atoms with Crippen molar-refractivity contribution in [2.75, 3.05) is 9.80 Å². The molecule has 522 valence electrons. The van der Waals surface area contributed by atoms with Gasteiger partial charge in [-0.1, -0.05) is 255 Å². The Hall–Kier alpha value is -15.0. The van der Waals surface area contributed by atoms with E-state index in [1.54, 1.807) is 0 Å². The maximum Gasteiger partial charge on any atom is 0.0789 e. The van der Waals surface area contributed by atoms with Gasteiger partial charge in [0.1, 0.15) is 0 Å². The SMILES string of the molecule is c1ccc(-n2c3ccccc3c3cc(-c4ccc(N(c5ccc6ccccc6c5)c5ccc6c(ccc7c8ccc9c%10ccc%11cc(N(c%12ccc(-c%13ccc%14c(c%13)c%13ccccc%13n%14-c%13ccccc%13)cc%12)c%12ccc%13ccccc%13c%12)ccc%11c%10n(-c%10ccccc%10)c9c8n(-c8ccccc8)c67)c5)cc4)ccc32)cc1. The van der Waals surface area contributed by atoms with Crippen molar-refractivity contribution in [3.05, 3.63) is 413 Å². The first-order valence-corrected chi connectivity index (χ1v) is 38.5. The molecule has 6 nitrogen and oxygen atoms in total. The molecule has 0 N–H and O–H groups in total. The largest absolute Gasteiger partial charge is 0.310 e. The zero-order chi connectivity index (χ0) is 73.5. The molecular weight excluding hydrogens is 1360 g/mol. The van der Waals surface area contributed by atoms with Crippen LogP contribution in [0.1, 0.15) is 0 Å². The lowest BCUT2D eigenvalue weighted by molar-refractivity contribution is 1.15. The summed E-state index contributed by atoms with van der Waals surface area (Å²) in [4.78, 5) is 4.84. The molecule has 0 aliphatic rings. The molecular formula is C106H68N6. The maximum atomic E-state index is 2.56. The van der Waals surface area contributed by atoms with E-state index in [2.05, 4.69) is 441 Å². The van der Waals surface area contributed by atoms with E-state index < -0.39 is 0 Å². The second-order valence-electron chi connectivity index (χ2n) is 29.6. The smallest absolute Gasteiger partial charge is 0.0789 e. The highest BCUT2D eigenvalue weighted by atomic mass is 15.1. The standard InChI is InChI=1S/C106H68N6/c1-5-25-79(26-6-1)109-99-35-19-17-33-91(99)97-67-75(45-61-101(97)109)71-37-47-83(48-38-71)107(85-51-41-69-21-13-15-23-73(69)63-85)87-53-57-89-77(65-87)43-55-93-95-59-60-96-94-56-44-78-66-88(54-58-90(78)104(94)112(82-31-11-4-12-32-82)106(96)105(95)111(103(89)93)81-29-9-3-10-30-81)108(86-52-42-70-22-14-16-24-74(70)64-86)84-49-39-72(40-50-84)76-46-62-102-98(68-76)92-34-18-20-36-100(92)110(102)80-27-7-2-8-28-80/h1-68H. The van der Waals surface area contributed by atoms with Crippen LogP contribution in [0, 0.1) is 0 Å². The monoisotopic (exact) mass is 1420 g/mol. The minimum Gasteiger partial charge on any atom is -0.310 e. The van der Waals surface area contributed by atoms with Crippen molar-refractivity contribution in [3.8, 4) is 45.0 Å². The molecule has 0 amide bonds. The number of nitrogens with zero attached hydrogens (tertiary/aromatic N) is 6. The van der Waals surface area contributed by atoms with Gasteiger partial charge in [-0.25, -0.2) is 0 Å². The average molecular weight is 1430 g/mol. The van der Waals surface area contributed by atoms with Gasteiger partial charge >= 0.3 is 0 Å². The molecule has 0 bridgehead atoms. The number of anilines is 6. The number of hydrogen-bond donors (Lipinski definition) is 0. The summed E-state index contributed by atoms with van der Waals surface area (Å²) in [7, 11) is 0. The van der Waals surface area contributed by atoms with E-state index in [1.807, 2.05) is 0 Å². The van der Waals surface area contributed by atoms with E-state index >= 15 is 0 Å². The normalized spacial score (nSPS) is 11.9. The minimum atomic E-state index is 1.07. The summed E-state index contributed by atoms with van der Waals surface area (Å²) in [6.07, 6.45) is 0. The van der Waals surface area contributed by atoms with E-state index in [1.165, 1.54) is 109 Å². The molecule has 6 heteroatoms. The first-order chi connectivity index (χ1) is 55.5. The summed E-state index contributed by atoms with van der Waals surface area (Å²) in [5, 5.41) is 19.1. The third kappa shape index (κ3) is 9.99. The molecule has 0 radical (unpaired) electrons. The van der Waals surface area contributed by atoms with Crippen LogP contribution in [0.5, 0.6) is 0 Å². The summed E-state index contributed by atoms with van der Waals surface area (Å²) >= 11 is 0. The number of fused-ring (bicyclic) bond motifs is 19. The molecule has 0 spiro atoms. The van der Waals surface area contributed by atoms with Crippen molar-refractivity contribution in [2.45, 2.75) is 0 Å². The van der Waals surface area contributed by atoms with Crippen LogP contribution in [-0.4, -0.2) is 18.3 Å². The van der Waals surface area contributed by atoms with Gasteiger partial charge in [-0.05, 0) is 212 Å². The van der Waals surface area contributed by atoms with Crippen molar-refractivity contribution >= 4 is 164 Å². The molecule has 0 aliphatic carbocycles. The van der Waals surface area contributed by atoms with E-state index in [-0.39, 0.29) is 0 Å². The van der Waals surface area contributed by atoms with Crippen LogP contribution in [0.2, 0.25) is 0 Å². The zero-order valence-corrected chi connectivity index (χ0v) is 60.9. The second kappa shape index (κ2) is 25.3. The van der Waals surface area contributed by atoms with Gasteiger partial charge in [-0.2, -0.15) is 0 Å². The predicted octanol–water partition coefficient (Wildman–Crippen LogP) is 29.0. The number of hydrogen-bond acceptors (Lipinski definition) is 2. The Morgan fingerprint density at radius 3 is 0.821 bits per heavy atom. The minimum absolute atomic E-state index is 1.07. The first kappa shape index (κ1) is 63.1. The fourth-order valence-corrected chi connectivity index (χ4v) is 18.3. The molecule has 0 fully saturated rings. The Morgan fingerprint density at radius 1 is 0.143 bits per heavy atom. The third-order valence-corrected chi connectivity index (χ3v) is 23.4. The summed E-state index contributed by atoms with van der Waals surface area (Å²) < 4.78 is 9.87. The van der Waals surface area contributed by atoms with Crippen molar-refractivity contribution in [3.63, 3.8) is 0 Å². The second-order valence-corrected chi connectivity index (χ2v) is 29.6. The number of rotatable bonds is 12. The van der Waals surface area contributed by atoms with Gasteiger partial charge in [0.05, 0.1) is 44.1 Å². The van der Waals surface area contributed by atoms with Gasteiger partial charge < -0.3 is 28.1 Å². The highest BCUT2D eigenvalue weighted by molar-refractivity contribution is 6.29. The summed E-state index contributed by atoms with van der Waals surface area (Å²) in [5.41, 5.74) is 25.0. The lowest BCUT2D eigenvalue weighted by atomic mass is 10.0. The Balaban J connectivity index is 0.668. The number of aromatic nitrogens is 4. The quantitative estimate of drug-likeness (QED) is 0.122. The molecule has 0 unspecified atom stereocenters. The van der Waals surface area contributed by atoms with Gasteiger partial charge in [-0.15, -0.1) is 0 Å². The Labute approximate surface area is 645 Å². The lowest BCUT2D eigenvalue weighted by Crippen LogP contribution is -2.10. The van der Waals surface area contributed by atoms with E-state index in [0.29, 0.717) is 0 Å². The van der Waals surface area contributed by atoms with Crippen LogP contribution in [0.15, 0.2) is 413 Å². The molecule has 4 aromatic heterocycles. The van der Waals surface area contributed by atoms with Gasteiger partial charge in [0.25, 0.3) is 0 Å². The summed E-state index contributed by atoms with van der Waals surface area (Å²) in [5.74, 6) is 0. The van der Waals surface area contributed by atoms with Gasteiger partial charge in [0, 0.05) is 111 Å². The fourth-order valence-electron chi connectivity index (χ4n) is 18.3. The van der Waals surface area contributed by atoms with Crippen LogP contribution in [0.3, 0.4) is 0 Å². The van der Waals surface area contributed by atoms with E-state index in [9.17, 15) is 0 Å². The van der Waals surface area contributed by atoms with Crippen molar-refractivity contribution in [1.29, 1.82) is 0 Å². The van der Waals surface area contributed by atoms with Gasteiger partial charge in [0.15, 0.2) is 0 Å². The van der Waals surface area contributed by atoms with Crippen LogP contribution < -0.4 is 9.80 Å². The maximum absolute atomic E-state index is 2.56. The third-order valence-electron chi connectivity index (χ3n) is 23.4.